The van der Waals surface area contributed by atoms with Gasteiger partial charge in [-0.3, -0.25) is 0 Å². The van der Waals surface area contributed by atoms with Crippen LogP contribution in [0.25, 0.3) is 0 Å². The minimum atomic E-state index is 0.510. The van der Waals surface area contributed by atoms with Crippen LogP contribution in [0.2, 0.25) is 0 Å². The maximum atomic E-state index is 3.69. The van der Waals surface area contributed by atoms with E-state index in [-0.39, 0.29) is 0 Å². The third kappa shape index (κ3) is 3.99. The molecule has 0 amide bonds. The molecule has 1 unspecified atom stereocenters. The lowest BCUT2D eigenvalue weighted by molar-refractivity contribution is 0.515. The largest absolute Gasteiger partial charge is 0.310 e. The topological polar surface area (TPSA) is 12.0 Å². The molecule has 0 spiro atoms. The summed E-state index contributed by atoms with van der Waals surface area (Å²) < 4.78 is 0. The lowest BCUT2D eigenvalue weighted by Crippen LogP contribution is -2.22. The highest BCUT2D eigenvalue weighted by atomic mass is 14.9. The van der Waals surface area contributed by atoms with Crippen LogP contribution in [0.3, 0.4) is 0 Å². The quantitative estimate of drug-likeness (QED) is 0.719. The van der Waals surface area contributed by atoms with Crippen LogP contribution in [0.4, 0.5) is 0 Å². The summed E-state index contributed by atoms with van der Waals surface area (Å²) in [6.07, 6.45) is 10.2. The van der Waals surface area contributed by atoms with Crippen LogP contribution in [-0.4, -0.2) is 6.54 Å². The molecule has 0 saturated heterocycles. The Morgan fingerprint density at radius 3 is 2.67 bits per heavy atom. The zero-order chi connectivity index (χ0) is 12.6. The van der Waals surface area contributed by atoms with E-state index < -0.39 is 0 Å². The van der Waals surface area contributed by atoms with Gasteiger partial charge in [0, 0.05) is 6.04 Å². The van der Waals surface area contributed by atoms with E-state index in [1.165, 1.54) is 37.7 Å². The zero-order valence-corrected chi connectivity index (χ0v) is 11.5. The van der Waals surface area contributed by atoms with Crippen molar-refractivity contribution in [2.75, 3.05) is 6.54 Å². The van der Waals surface area contributed by atoms with Crippen LogP contribution in [0.1, 0.15) is 57.1 Å². The fourth-order valence-corrected chi connectivity index (χ4v) is 2.72. The van der Waals surface area contributed by atoms with Crippen LogP contribution in [0.15, 0.2) is 42.0 Å². The summed E-state index contributed by atoms with van der Waals surface area (Å²) in [4.78, 5) is 0. The second-order valence-corrected chi connectivity index (χ2v) is 5.18. The SMILES string of the molecule is CCC(NCCC1=CCCCC1)c1ccccc1. The standard InChI is InChI=1S/C17H25N/c1-2-17(16-11-7-4-8-12-16)18-14-13-15-9-5-3-6-10-15/h4,7-9,11-12,17-18H,2-3,5-6,10,13-14H2,1H3. The monoisotopic (exact) mass is 243 g/mol. The first-order valence-electron chi connectivity index (χ1n) is 7.36. The molecular weight excluding hydrogens is 218 g/mol. The highest BCUT2D eigenvalue weighted by Crippen LogP contribution is 2.21. The molecule has 18 heavy (non-hydrogen) atoms. The molecule has 1 aromatic rings. The molecule has 2 rings (SSSR count). The van der Waals surface area contributed by atoms with Crippen molar-refractivity contribution < 1.29 is 0 Å². The van der Waals surface area contributed by atoms with Gasteiger partial charge in [-0.2, -0.15) is 0 Å². The van der Waals surface area contributed by atoms with Crippen LogP contribution in [0, 0.1) is 0 Å². The van der Waals surface area contributed by atoms with E-state index in [2.05, 4.69) is 48.6 Å². The van der Waals surface area contributed by atoms with E-state index in [1.807, 2.05) is 0 Å². The summed E-state index contributed by atoms with van der Waals surface area (Å²) in [7, 11) is 0. The van der Waals surface area contributed by atoms with E-state index in [0.717, 1.165) is 13.0 Å². The zero-order valence-electron chi connectivity index (χ0n) is 11.5. The maximum Gasteiger partial charge on any atom is 0.0317 e. The summed E-state index contributed by atoms with van der Waals surface area (Å²) in [5.74, 6) is 0. The molecule has 1 N–H and O–H groups in total. The summed E-state index contributed by atoms with van der Waals surface area (Å²) >= 11 is 0. The minimum absolute atomic E-state index is 0.510. The molecule has 1 aliphatic rings. The van der Waals surface area contributed by atoms with E-state index >= 15 is 0 Å². The highest BCUT2D eigenvalue weighted by Gasteiger charge is 2.08. The second-order valence-electron chi connectivity index (χ2n) is 5.18. The summed E-state index contributed by atoms with van der Waals surface area (Å²) in [6, 6.07) is 11.3. The van der Waals surface area contributed by atoms with E-state index in [9.17, 15) is 0 Å². The van der Waals surface area contributed by atoms with Crippen molar-refractivity contribution >= 4 is 0 Å². The van der Waals surface area contributed by atoms with Crippen molar-refractivity contribution in [2.24, 2.45) is 0 Å². The Morgan fingerprint density at radius 1 is 1.17 bits per heavy atom. The van der Waals surface area contributed by atoms with Gasteiger partial charge in [0.05, 0.1) is 0 Å². The minimum Gasteiger partial charge on any atom is -0.310 e. The molecule has 0 radical (unpaired) electrons. The Hall–Kier alpha value is -1.08. The van der Waals surface area contributed by atoms with Gasteiger partial charge in [0.15, 0.2) is 0 Å². The van der Waals surface area contributed by atoms with Gasteiger partial charge in [0.2, 0.25) is 0 Å². The molecule has 0 aliphatic heterocycles. The number of hydrogen-bond acceptors (Lipinski definition) is 1. The van der Waals surface area contributed by atoms with Crippen LogP contribution >= 0.6 is 0 Å². The van der Waals surface area contributed by atoms with Crippen molar-refractivity contribution in [3.63, 3.8) is 0 Å². The van der Waals surface area contributed by atoms with Crippen LogP contribution < -0.4 is 5.32 Å². The number of nitrogens with one attached hydrogen (secondary N) is 1. The van der Waals surface area contributed by atoms with Gasteiger partial charge >= 0.3 is 0 Å². The van der Waals surface area contributed by atoms with E-state index in [4.69, 9.17) is 0 Å². The molecule has 0 bridgehead atoms. The fourth-order valence-electron chi connectivity index (χ4n) is 2.72. The van der Waals surface area contributed by atoms with Gasteiger partial charge in [-0.05, 0) is 50.6 Å². The first kappa shape index (κ1) is 13.4. The molecule has 1 heteroatoms. The summed E-state index contributed by atoms with van der Waals surface area (Å²) in [5, 5.41) is 3.69. The fraction of sp³-hybridized carbons (Fsp3) is 0.529. The lowest BCUT2D eigenvalue weighted by atomic mass is 9.97. The smallest absolute Gasteiger partial charge is 0.0317 e. The summed E-state index contributed by atoms with van der Waals surface area (Å²) in [5.41, 5.74) is 3.08. The molecule has 1 aromatic carbocycles. The van der Waals surface area contributed by atoms with Gasteiger partial charge in [-0.1, -0.05) is 48.9 Å². The summed E-state index contributed by atoms with van der Waals surface area (Å²) in [6.45, 7) is 3.36. The average molecular weight is 243 g/mol. The Balaban J connectivity index is 1.79. The van der Waals surface area contributed by atoms with Gasteiger partial charge in [-0.15, -0.1) is 0 Å². The van der Waals surface area contributed by atoms with Crippen LogP contribution in [-0.2, 0) is 0 Å². The highest BCUT2D eigenvalue weighted by molar-refractivity contribution is 5.18. The van der Waals surface area contributed by atoms with Crippen molar-refractivity contribution in [2.45, 2.75) is 51.5 Å². The Bertz CT molecular complexity index is 366. The first-order valence-corrected chi connectivity index (χ1v) is 7.36. The van der Waals surface area contributed by atoms with Gasteiger partial charge in [-0.25, -0.2) is 0 Å². The molecule has 0 fully saturated rings. The van der Waals surface area contributed by atoms with Crippen molar-refractivity contribution in [3.05, 3.63) is 47.5 Å². The van der Waals surface area contributed by atoms with Gasteiger partial charge in [0.1, 0.15) is 0 Å². The Morgan fingerprint density at radius 2 is 2.00 bits per heavy atom. The molecule has 1 nitrogen and oxygen atoms in total. The number of benzene rings is 1. The molecule has 0 aromatic heterocycles. The average Bonchev–Trinajstić information content (AvgIpc) is 2.46. The van der Waals surface area contributed by atoms with Crippen LogP contribution in [0.5, 0.6) is 0 Å². The Kier molecular flexibility index (Phi) is 5.47. The van der Waals surface area contributed by atoms with Gasteiger partial charge in [0.25, 0.3) is 0 Å². The third-order valence-corrected chi connectivity index (χ3v) is 3.83. The number of hydrogen-bond donors (Lipinski definition) is 1. The van der Waals surface area contributed by atoms with Crippen molar-refractivity contribution in [1.82, 2.24) is 5.32 Å². The molecular formula is C17H25N. The molecule has 0 saturated carbocycles. The predicted octanol–water partition coefficient (Wildman–Crippen LogP) is 4.62. The number of allylic oxidation sites excluding steroid dienone is 1. The van der Waals surface area contributed by atoms with E-state index in [1.54, 1.807) is 5.57 Å². The van der Waals surface area contributed by atoms with Gasteiger partial charge < -0.3 is 5.32 Å². The Labute approximate surface area is 111 Å². The second kappa shape index (κ2) is 7.38. The molecule has 1 atom stereocenters. The normalized spacial score (nSPS) is 17.3. The van der Waals surface area contributed by atoms with Crippen molar-refractivity contribution in [1.29, 1.82) is 0 Å². The first-order chi connectivity index (χ1) is 8.90. The predicted molar refractivity (Wildman–Crippen MR) is 78.6 cm³/mol. The lowest BCUT2D eigenvalue weighted by Gasteiger charge is -2.19. The van der Waals surface area contributed by atoms with Crippen molar-refractivity contribution in [3.8, 4) is 0 Å². The van der Waals surface area contributed by atoms with E-state index in [0.29, 0.717) is 6.04 Å². The molecule has 98 valence electrons. The molecule has 1 aliphatic carbocycles. The third-order valence-electron chi connectivity index (χ3n) is 3.83. The molecule has 0 heterocycles. The maximum absolute atomic E-state index is 3.69. The number of rotatable bonds is 6.